The maximum atomic E-state index is 13.1. The second-order valence-electron chi connectivity index (χ2n) is 6.14. The molecule has 1 heterocycles. The lowest BCUT2D eigenvalue weighted by Crippen LogP contribution is -2.58. The lowest BCUT2D eigenvalue weighted by atomic mass is 10.0. The Morgan fingerprint density at radius 1 is 1.12 bits per heavy atom. The molecule has 0 spiro atoms. The van der Waals surface area contributed by atoms with Crippen LogP contribution in [0.5, 0.6) is 0 Å². The van der Waals surface area contributed by atoms with Crippen molar-refractivity contribution in [2.24, 2.45) is 5.92 Å². The van der Waals surface area contributed by atoms with Gasteiger partial charge in [-0.05, 0) is 49.2 Å². The van der Waals surface area contributed by atoms with Gasteiger partial charge in [0.1, 0.15) is 11.7 Å². The van der Waals surface area contributed by atoms with Gasteiger partial charge in [-0.25, -0.2) is 14.1 Å². The smallest absolute Gasteiger partial charge is 0.328 e. The third kappa shape index (κ3) is 3.28. The number of aryl methyl sites for hydroxylation is 2. The van der Waals surface area contributed by atoms with Crippen molar-refractivity contribution in [3.63, 3.8) is 0 Å². The molecule has 2 aromatic rings. The minimum absolute atomic E-state index is 0.0911. The van der Waals surface area contributed by atoms with Crippen LogP contribution in [0.15, 0.2) is 42.5 Å². The highest BCUT2D eigenvalue weighted by atomic mass is 19.1. The van der Waals surface area contributed by atoms with Crippen molar-refractivity contribution in [3.05, 3.63) is 59.4 Å². The van der Waals surface area contributed by atoms with Gasteiger partial charge in [0, 0.05) is 12.2 Å². The van der Waals surface area contributed by atoms with E-state index in [0.29, 0.717) is 5.69 Å². The number of hydrogen-bond acceptors (Lipinski definition) is 3. The summed E-state index contributed by atoms with van der Waals surface area (Å²) in [6, 6.07) is 9.89. The van der Waals surface area contributed by atoms with Crippen LogP contribution in [0, 0.1) is 25.6 Å². The van der Waals surface area contributed by atoms with E-state index in [-0.39, 0.29) is 12.2 Å². The maximum absolute atomic E-state index is 13.1. The lowest BCUT2D eigenvalue weighted by molar-refractivity contribution is -0.130. The molecule has 4 amide bonds. The normalized spacial score (nSPS) is 17.0. The summed E-state index contributed by atoms with van der Waals surface area (Å²) in [5, 5.41) is 5.31. The van der Waals surface area contributed by atoms with Crippen LogP contribution in [-0.4, -0.2) is 24.4 Å². The van der Waals surface area contributed by atoms with Gasteiger partial charge in [0.15, 0.2) is 0 Å². The number of nitrogens with zero attached hydrogens (tertiary/aromatic N) is 1. The monoisotopic (exact) mass is 355 g/mol. The Balaban J connectivity index is 1.84. The molecule has 3 rings (SSSR count). The second-order valence-corrected chi connectivity index (χ2v) is 6.14. The SMILES string of the molecule is Cc1cccc(C)c1NC(=O)C1CNC(=O)N(c2ccc(F)cc2)C1=O. The number of halogens is 1. The zero-order chi connectivity index (χ0) is 18.8. The van der Waals surface area contributed by atoms with Gasteiger partial charge in [-0.2, -0.15) is 0 Å². The van der Waals surface area contributed by atoms with Crippen LogP contribution in [0.3, 0.4) is 0 Å². The van der Waals surface area contributed by atoms with Crippen LogP contribution < -0.4 is 15.5 Å². The van der Waals surface area contributed by atoms with E-state index < -0.39 is 29.6 Å². The Bertz CT molecular complexity index is 860. The predicted molar refractivity (Wildman–Crippen MR) is 95.3 cm³/mol. The molecule has 0 radical (unpaired) electrons. The number of urea groups is 1. The summed E-state index contributed by atoms with van der Waals surface area (Å²) < 4.78 is 13.1. The summed E-state index contributed by atoms with van der Waals surface area (Å²) in [5.41, 5.74) is 2.61. The first-order valence-corrected chi connectivity index (χ1v) is 8.13. The van der Waals surface area contributed by atoms with Gasteiger partial charge in [-0.15, -0.1) is 0 Å². The minimum Gasteiger partial charge on any atom is -0.336 e. The third-order valence-corrected chi connectivity index (χ3v) is 4.31. The number of amides is 4. The minimum atomic E-state index is -1.07. The van der Waals surface area contributed by atoms with E-state index in [1.54, 1.807) is 0 Å². The molecule has 0 aromatic heterocycles. The van der Waals surface area contributed by atoms with Gasteiger partial charge >= 0.3 is 6.03 Å². The van der Waals surface area contributed by atoms with Crippen LogP contribution in [0.25, 0.3) is 0 Å². The van der Waals surface area contributed by atoms with Crippen molar-refractivity contribution in [1.29, 1.82) is 0 Å². The van der Waals surface area contributed by atoms with Crippen LogP contribution in [0.1, 0.15) is 11.1 Å². The average Bonchev–Trinajstić information content (AvgIpc) is 2.60. The number of carbonyl (C=O) groups is 3. The van der Waals surface area contributed by atoms with Crippen molar-refractivity contribution in [3.8, 4) is 0 Å². The van der Waals surface area contributed by atoms with Crippen LogP contribution in [0.4, 0.5) is 20.6 Å². The number of hydrogen-bond donors (Lipinski definition) is 2. The van der Waals surface area contributed by atoms with E-state index in [0.717, 1.165) is 28.2 Å². The zero-order valence-electron chi connectivity index (χ0n) is 14.4. The van der Waals surface area contributed by atoms with E-state index in [9.17, 15) is 18.8 Å². The van der Waals surface area contributed by atoms with Crippen LogP contribution in [-0.2, 0) is 9.59 Å². The van der Waals surface area contributed by atoms with Crippen molar-refractivity contribution in [2.45, 2.75) is 13.8 Å². The topological polar surface area (TPSA) is 78.5 Å². The fourth-order valence-corrected chi connectivity index (χ4v) is 2.87. The Morgan fingerprint density at radius 3 is 2.35 bits per heavy atom. The van der Waals surface area contributed by atoms with Gasteiger partial charge in [0.05, 0.1) is 5.69 Å². The lowest BCUT2D eigenvalue weighted by Gasteiger charge is -2.30. The van der Waals surface area contributed by atoms with Crippen molar-refractivity contribution in [1.82, 2.24) is 5.32 Å². The molecule has 1 aliphatic rings. The standard InChI is InChI=1S/C19H18FN3O3/c1-11-4-3-5-12(2)16(11)22-17(24)15-10-21-19(26)23(18(15)25)14-8-6-13(20)7-9-14/h3-9,15H,10H2,1-2H3,(H,21,26)(H,22,24). The molecule has 26 heavy (non-hydrogen) atoms. The van der Waals surface area contributed by atoms with Crippen molar-refractivity contribution in [2.75, 3.05) is 16.8 Å². The number of carbonyl (C=O) groups excluding carboxylic acids is 3. The number of imide groups is 1. The van der Waals surface area contributed by atoms with Crippen molar-refractivity contribution < 1.29 is 18.8 Å². The quantitative estimate of drug-likeness (QED) is 0.831. The molecule has 134 valence electrons. The zero-order valence-corrected chi connectivity index (χ0v) is 14.4. The van der Waals surface area contributed by atoms with E-state index in [2.05, 4.69) is 10.6 Å². The summed E-state index contributed by atoms with van der Waals surface area (Å²) in [6.45, 7) is 3.63. The summed E-state index contributed by atoms with van der Waals surface area (Å²) in [4.78, 5) is 38.3. The molecule has 1 saturated heterocycles. The molecule has 0 bridgehead atoms. The van der Waals surface area contributed by atoms with Crippen LogP contribution in [0.2, 0.25) is 0 Å². The first-order chi connectivity index (χ1) is 12.4. The molecule has 6 nitrogen and oxygen atoms in total. The first kappa shape index (κ1) is 17.6. The molecule has 1 unspecified atom stereocenters. The summed E-state index contributed by atoms with van der Waals surface area (Å²) in [7, 11) is 0. The Morgan fingerprint density at radius 2 is 1.73 bits per heavy atom. The van der Waals surface area contributed by atoms with E-state index in [1.807, 2.05) is 32.0 Å². The highest BCUT2D eigenvalue weighted by Crippen LogP contribution is 2.23. The largest absolute Gasteiger partial charge is 0.336 e. The summed E-state index contributed by atoms with van der Waals surface area (Å²) in [5.74, 6) is -2.71. The summed E-state index contributed by atoms with van der Waals surface area (Å²) in [6.07, 6.45) is 0. The fourth-order valence-electron chi connectivity index (χ4n) is 2.87. The van der Waals surface area contributed by atoms with E-state index in [1.165, 1.54) is 12.1 Å². The van der Waals surface area contributed by atoms with Gasteiger partial charge in [-0.1, -0.05) is 18.2 Å². The molecular weight excluding hydrogens is 337 g/mol. The van der Waals surface area contributed by atoms with Crippen molar-refractivity contribution >= 4 is 29.2 Å². The Kier molecular flexibility index (Phi) is 4.71. The average molecular weight is 355 g/mol. The molecule has 1 atom stereocenters. The molecule has 2 N–H and O–H groups in total. The van der Waals surface area contributed by atoms with E-state index >= 15 is 0 Å². The maximum Gasteiger partial charge on any atom is 0.328 e. The number of nitrogens with one attached hydrogen (secondary N) is 2. The molecule has 1 aliphatic heterocycles. The number of benzene rings is 2. The highest BCUT2D eigenvalue weighted by molar-refractivity contribution is 6.23. The fraction of sp³-hybridized carbons (Fsp3) is 0.211. The van der Waals surface area contributed by atoms with Gasteiger partial charge < -0.3 is 10.6 Å². The molecule has 7 heteroatoms. The Labute approximate surface area is 150 Å². The third-order valence-electron chi connectivity index (χ3n) is 4.31. The van der Waals surface area contributed by atoms with Gasteiger partial charge in [0.25, 0.3) is 0 Å². The van der Waals surface area contributed by atoms with Gasteiger partial charge in [-0.3, -0.25) is 9.59 Å². The number of para-hydroxylation sites is 1. The molecular formula is C19H18FN3O3. The highest BCUT2D eigenvalue weighted by Gasteiger charge is 2.39. The number of anilines is 2. The molecule has 0 saturated carbocycles. The first-order valence-electron chi connectivity index (χ1n) is 8.13. The predicted octanol–water partition coefficient (Wildman–Crippen LogP) is 2.75. The van der Waals surface area contributed by atoms with Crippen LogP contribution >= 0.6 is 0 Å². The van der Waals surface area contributed by atoms with E-state index in [4.69, 9.17) is 0 Å². The second kappa shape index (κ2) is 6.95. The number of rotatable bonds is 3. The molecule has 1 fully saturated rings. The molecule has 2 aromatic carbocycles. The Hall–Kier alpha value is -3.22. The van der Waals surface area contributed by atoms with Gasteiger partial charge in [0.2, 0.25) is 11.8 Å². The molecule has 0 aliphatic carbocycles. The summed E-state index contributed by atoms with van der Waals surface area (Å²) >= 11 is 0.